The maximum absolute atomic E-state index is 5.98. The van der Waals surface area contributed by atoms with E-state index in [1.807, 2.05) is 0 Å². The highest BCUT2D eigenvalue weighted by Crippen LogP contribution is 2.79. The second kappa shape index (κ2) is 12.7. The van der Waals surface area contributed by atoms with Crippen molar-refractivity contribution in [3.05, 3.63) is 0 Å². The lowest BCUT2D eigenvalue weighted by atomic mass is 9.96. The quantitative estimate of drug-likeness (QED) is 0.160. The molecule has 0 spiro atoms. The number of alkyl halides is 20. The molecule has 23 heteroatoms. The Kier molecular flexibility index (Phi) is 14.8. The summed E-state index contributed by atoms with van der Waals surface area (Å²) in [5.74, 6) is 0. The molecule has 4 unspecified atom stereocenters. The predicted molar refractivity (Wildman–Crippen MR) is 217 cm³/mol. The Morgan fingerprint density at radius 2 is 0.571 bits per heavy atom. The highest BCUT2D eigenvalue weighted by molar-refractivity contribution is 9.36. The SMILES string of the molecule is BrC1C(Br)(Br)C(Br)(Br)C(Br)(Br)C(Br)(Br)C1(Br)OOOC1(Br)C(Br)C(Br)(Br)C(Br)(Br)C(Br)(Br)C1(Br)Br. The van der Waals surface area contributed by atoms with Crippen molar-refractivity contribution in [2.45, 2.75) is 44.5 Å². The molecule has 0 radical (unpaired) electrons. The molecule has 4 atom stereocenters. The first kappa shape index (κ1) is 40.7. The van der Waals surface area contributed by atoms with Crippen LogP contribution in [-0.4, -0.2) is 44.5 Å². The molecule has 2 rings (SSSR count). The van der Waals surface area contributed by atoms with Crippen LogP contribution in [-0.2, 0) is 14.8 Å². The van der Waals surface area contributed by atoms with Gasteiger partial charge in [0.2, 0.25) is 9.02 Å². The van der Waals surface area contributed by atoms with Gasteiger partial charge in [-0.15, -0.1) is 0 Å². The fourth-order valence-corrected chi connectivity index (χ4v) is 24.0. The van der Waals surface area contributed by atoms with E-state index in [4.69, 9.17) is 14.8 Å². The van der Waals surface area contributed by atoms with Gasteiger partial charge < -0.3 is 0 Å². The van der Waals surface area contributed by atoms with Gasteiger partial charge in [0.1, 0.15) is 19.4 Å². The Hall–Kier alpha value is 9.48. The van der Waals surface area contributed by atoms with Gasteiger partial charge in [-0.05, 0) is 31.9 Å². The zero-order valence-corrected chi connectivity index (χ0v) is 46.7. The van der Waals surface area contributed by atoms with E-state index >= 15 is 0 Å². The van der Waals surface area contributed by atoms with E-state index < -0.39 is 44.5 Å². The van der Waals surface area contributed by atoms with E-state index in [1.165, 1.54) is 0 Å². The lowest BCUT2D eigenvalue weighted by Crippen LogP contribution is -2.76. The fraction of sp³-hybridized carbons (Fsp3) is 1.00. The largest absolute Gasteiger partial charge is 0.202 e. The van der Waals surface area contributed by atoms with E-state index in [0.717, 1.165) is 0 Å². The zero-order chi connectivity index (χ0) is 28.3. The van der Waals surface area contributed by atoms with E-state index in [2.05, 4.69) is 319 Å². The van der Waals surface area contributed by atoms with Crippen LogP contribution in [0.3, 0.4) is 0 Å². The van der Waals surface area contributed by atoms with Gasteiger partial charge in [0.25, 0.3) is 0 Å². The molecule has 0 aliphatic heterocycles. The van der Waals surface area contributed by atoms with Gasteiger partial charge in [0.05, 0.1) is 9.65 Å². The molecule has 0 bridgehead atoms. The normalized spacial score (nSPS) is 41.8. The monoisotopic (exact) mass is 1770 g/mol. The molecule has 2 saturated carbocycles. The first-order chi connectivity index (χ1) is 15.0. The Labute approximate surface area is 369 Å². The molecule has 0 aromatic carbocycles. The van der Waals surface area contributed by atoms with Crippen LogP contribution in [0.4, 0.5) is 0 Å². The van der Waals surface area contributed by atoms with Gasteiger partial charge in [-0.2, -0.15) is 9.78 Å². The average molecular weight is 1790 g/mol. The number of rotatable bonds is 4. The van der Waals surface area contributed by atoms with Crippen LogP contribution in [0, 0.1) is 0 Å². The van der Waals surface area contributed by atoms with Crippen LogP contribution in [0.1, 0.15) is 0 Å². The van der Waals surface area contributed by atoms with Crippen LogP contribution < -0.4 is 0 Å². The van der Waals surface area contributed by atoms with Crippen molar-refractivity contribution in [3.63, 3.8) is 0 Å². The van der Waals surface area contributed by atoms with Crippen LogP contribution in [0.5, 0.6) is 0 Å². The van der Waals surface area contributed by atoms with Crippen molar-refractivity contribution in [1.82, 2.24) is 0 Å². The van der Waals surface area contributed by atoms with Crippen LogP contribution in [0.15, 0.2) is 0 Å². The highest BCUT2D eigenvalue weighted by Gasteiger charge is 2.83. The van der Waals surface area contributed by atoms with Crippen molar-refractivity contribution in [2.75, 3.05) is 0 Å². The maximum Gasteiger partial charge on any atom is 0.202 e. The molecule has 2 fully saturated rings. The summed E-state index contributed by atoms with van der Waals surface area (Å²) in [4.78, 5) is 10.9. The number of halogens is 20. The van der Waals surface area contributed by atoms with E-state index in [1.54, 1.807) is 0 Å². The minimum atomic E-state index is -1.36. The van der Waals surface area contributed by atoms with Gasteiger partial charge in [-0.25, -0.2) is 0 Å². The van der Waals surface area contributed by atoms with Crippen LogP contribution in [0.25, 0.3) is 0 Å². The van der Waals surface area contributed by atoms with Crippen molar-refractivity contribution in [2.24, 2.45) is 0 Å². The third-order valence-electron chi connectivity index (χ3n) is 4.87. The van der Waals surface area contributed by atoms with Crippen LogP contribution in [0.2, 0.25) is 0 Å². The minimum Gasteiger partial charge on any atom is -0.184 e. The minimum absolute atomic E-state index is 0.544. The number of hydrogen-bond donors (Lipinski definition) is 0. The van der Waals surface area contributed by atoms with Crippen molar-refractivity contribution >= 4 is 319 Å². The Morgan fingerprint density at radius 1 is 0.343 bits per heavy atom. The predicted octanol–water partition coefficient (Wildman–Crippen LogP) is 14.5. The van der Waals surface area contributed by atoms with Crippen molar-refractivity contribution in [1.29, 1.82) is 0 Å². The summed E-state index contributed by atoms with van der Waals surface area (Å²) in [5, 5.41) is 5.54. The standard InChI is InChI=1S/C12H2Br20O3/c13-1-3(15,16)7(21,22)11(29,30)9(25,26)5(1,19)33-35-34-6(20)2(14)4(17,18)8(23,24)12(31,32)10(6,27)28/h1-2H. The molecule has 0 amide bonds. The average Bonchev–Trinajstić information content (AvgIpc) is 2.69. The molecular weight excluding hydrogens is 1790 g/mol. The van der Waals surface area contributed by atoms with Crippen molar-refractivity contribution < 1.29 is 14.8 Å². The molecule has 0 N–H and O–H groups in total. The molecular formula is C12H2Br20O3. The Bertz CT molecular complexity index is 788. The third kappa shape index (κ3) is 5.81. The second-order valence-corrected chi connectivity index (χ2v) is 38.9. The molecule has 35 heavy (non-hydrogen) atoms. The summed E-state index contributed by atoms with van der Waals surface area (Å²) < 4.78 is -10.3. The second-order valence-electron chi connectivity index (χ2n) is 6.94. The van der Waals surface area contributed by atoms with Crippen LogP contribution >= 0.6 is 319 Å². The Balaban J connectivity index is 2.49. The van der Waals surface area contributed by atoms with Gasteiger partial charge in [-0.3, -0.25) is 0 Å². The summed E-state index contributed by atoms with van der Waals surface area (Å²) in [6.07, 6.45) is 0. The molecule has 2 aliphatic rings. The lowest BCUT2D eigenvalue weighted by molar-refractivity contribution is -0.548. The zero-order valence-electron chi connectivity index (χ0n) is 14.9. The molecule has 208 valence electrons. The fourth-order valence-electron chi connectivity index (χ4n) is 2.65. The summed E-state index contributed by atoms with van der Waals surface area (Å²) >= 11 is 74.6. The topological polar surface area (TPSA) is 27.7 Å². The Morgan fingerprint density at radius 3 is 0.800 bits per heavy atom. The van der Waals surface area contributed by atoms with Gasteiger partial charge in [0, 0.05) is 0 Å². The van der Waals surface area contributed by atoms with E-state index in [0.29, 0.717) is 0 Å². The van der Waals surface area contributed by atoms with E-state index in [9.17, 15) is 0 Å². The van der Waals surface area contributed by atoms with E-state index in [-0.39, 0.29) is 0 Å². The maximum atomic E-state index is 5.98. The first-order valence-electron chi connectivity index (χ1n) is 7.73. The lowest BCUT2D eigenvalue weighted by Gasteiger charge is -2.62. The summed E-state index contributed by atoms with van der Waals surface area (Å²) in [7, 11) is 0. The number of hydrogen-bond acceptors (Lipinski definition) is 3. The molecule has 2 aliphatic carbocycles. The molecule has 0 aromatic rings. The van der Waals surface area contributed by atoms with Gasteiger partial charge >= 0.3 is 0 Å². The molecule has 0 aromatic heterocycles. The molecule has 0 saturated heterocycles. The van der Waals surface area contributed by atoms with Gasteiger partial charge in [0.15, 0.2) is 6.47 Å². The summed E-state index contributed by atoms with van der Waals surface area (Å²) in [6.45, 7) is 0. The molecule has 0 heterocycles. The molecule has 3 nitrogen and oxygen atoms in total. The first-order valence-corrected chi connectivity index (χ1v) is 23.8. The van der Waals surface area contributed by atoms with Gasteiger partial charge in [-0.1, -0.05) is 292 Å². The third-order valence-corrected chi connectivity index (χ3v) is 47.1. The highest BCUT2D eigenvalue weighted by atomic mass is 80.0. The summed E-state index contributed by atoms with van der Waals surface area (Å²) in [6, 6.07) is 0. The summed E-state index contributed by atoms with van der Waals surface area (Å²) in [5.41, 5.74) is 0. The smallest absolute Gasteiger partial charge is 0.184 e. The van der Waals surface area contributed by atoms with Crippen molar-refractivity contribution in [3.8, 4) is 0 Å².